The van der Waals surface area contributed by atoms with Crippen molar-refractivity contribution in [1.82, 2.24) is 9.55 Å². The molecular weight excluding hydrogens is 346 g/mol. The summed E-state index contributed by atoms with van der Waals surface area (Å²) in [6.07, 6.45) is 0. The molecule has 136 valence electrons. The van der Waals surface area contributed by atoms with Crippen molar-refractivity contribution >= 4 is 11.0 Å². The van der Waals surface area contributed by atoms with Crippen molar-refractivity contribution in [3.63, 3.8) is 0 Å². The second-order valence-corrected chi connectivity index (χ2v) is 6.66. The predicted molar refractivity (Wildman–Crippen MR) is 100 cm³/mol. The summed E-state index contributed by atoms with van der Waals surface area (Å²) in [7, 11) is 1.73. The van der Waals surface area contributed by atoms with Crippen LogP contribution in [0.5, 0.6) is 0 Å². The summed E-state index contributed by atoms with van der Waals surface area (Å²) in [6.45, 7) is 1.95. The zero-order valence-corrected chi connectivity index (χ0v) is 14.9. The second-order valence-electron chi connectivity index (χ2n) is 6.66. The molecule has 0 aliphatic heterocycles. The Morgan fingerprint density at radius 1 is 0.889 bits per heavy atom. The summed E-state index contributed by atoms with van der Waals surface area (Å²) in [5, 5.41) is 11.8. The van der Waals surface area contributed by atoms with Crippen molar-refractivity contribution in [2.75, 3.05) is 0 Å². The van der Waals surface area contributed by atoms with Crippen LogP contribution in [0.25, 0.3) is 11.0 Å². The van der Waals surface area contributed by atoms with Gasteiger partial charge in [0, 0.05) is 18.2 Å². The lowest BCUT2D eigenvalue weighted by atomic mass is 9.84. The minimum atomic E-state index is -2.08. The standard InChI is InChI=1S/C22H18F2N2O/c1-14-11-12-19-20(13-14)26(2)21(25-19)22(27,15-7-3-5-9-17(15)23)16-8-4-6-10-18(16)24/h3-13,27H,1-2H3. The maximum absolute atomic E-state index is 14.7. The Labute approximate surface area is 155 Å². The van der Waals surface area contributed by atoms with Crippen LogP contribution in [0, 0.1) is 18.6 Å². The number of aromatic nitrogens is 2. The Morgan fingerprint density at radius 2 is 1.44 bits per heavy atom. The molecular formula is C22H18F2N2O. The number of imidazole rings is 1. The largest absolute Gasteiger partial charge is 0.373 e. The van der Waals surface area contributed by atoms with E-state index in [2.05, 4.69) is 4.98 Å². The van der Waals surface area contributed by atoms with Gasteiger partial charge in [0.05, 0.1) is 11.0 Å². The summed E-state index contributed by atoms with van der Waals surface area (Å²) in [4.78, 5) is 4.54. The van der Waals surface area contributed by atoms with Gasteiger partial charge in [-0.15, -0.1) is 0 Å². The molecule has 3 aromatic carbocycles. The van der Waals surface area contributed by atoms with Crippen molar-refractivity contribution in [2.24, 2.45) is 7.05 Å². The summed E-state index contributed by atoms with van der Waals surface area (Å²) in [6, 6.07) is 17.3. The molecule has 1 heterocycles. The maximum atomic E-state index is 14.7. The van der Waals surface area contributed by atoms with E-state index in [4.69, 9.17) is 0 Å². The summed E-state index contributed by atoms with van der Waals surface area (Å²) in [5.41, 5.74) is 0.256. The monoisotopic (exact) mass is 364 g/mol. The van der Waals surface area contributed by atoms with Crippen molar-refractivity contribution in [1.29, 1.82) is 0 Å². The van der Waals surface area contributed by atoms with E-state index in [-0.39, 0.29) is 17.0 Å². The van der Waals surface area contributed by atoms with Crippen molar-refractivity contribution in [2.45, 2.75) is 12.5 Å². The zero-order chi connectivity index (χ0) is 19.2. The fourth-order valence-electron chi connectivity index (χ4n) is 3.52. The molecule has 5 heteroatoms. The molecule has 0 unspecified atom stereocenters. The van der Waals surface area contributed by atoms with Crippen molar-refractivity contribution in [3.05, 3.63) is 101 Å². The van der Waals surface area contributed by atoms with E-state index in [0.717, 1.165) is 11.1 Å². The minimum Gasteiger partial charge on any atom is -0.373 e. The smallest absolute Gasteiger partial charge is 0.178 e. The summed E-state index contributed by atoms with van der Waals surface area (Å²) in [5.74, 6) is -1.11. The molecule has 0 bridgehead atoms. The van der Waals surface area contributed by atoms with E-state index in [1.165, 1.54) is 36.4 Å². The molecule has 4 rings (SSSR count). The van der Waals surface area contributed by atoms with Crippen LogP contribution in [0.2, 0.25) is 0 Å². The molecule has 0 amide bonds. The number of fused-ring (bicyclic) bond motifs is 1. The minimum absolute atomic E-state index is 0.0507. The number of halogens is 2. The number of nitrogens with zero attached hydrogens (tertiary/aromatic N) is 2. The first kappa shape index (κ1) is 17.4. The van der Waals surface area contributed by atoms with Gasteiger partial charge in [-0.3, -0.25) is 0 Å². The number of benzene rings is 3. The van der Waals surface area contributed by atoms with Gasteiger partial charge < -0.3 is 9.67 Å². The third-order valence-electron chi connectivity index (χ3n) is 4.89. The van der Waals surface area contributed by atoms with Gasteiger partial charge in [0.1, 0.15) is 11.6 Å². The SMILES string of the molecule is Cc1ccc2nc(C(O)(c3ccccc3F)c3ccccc3F)n(C)c2c1. The van der Waals surface area contributed by atoms with E-state index in [1.54, 1.807) is 23.7 Å². The highest BCUT2D eigenvalue weighted by Gasteiger charge is 2.42. The quantitative estimate of drug-likeness (QED) is 0.583. The number of hydrogen-bond acceptors (Lipinski definition) is 2. The van der Waals surface area contributed by atoms with Gasteiger partial charge in [-0.25, -0.2) is 13.8 Å². The molecule has 1 aromatic heterocycles. The van der Waals surface area contributed by atoms with Crippen molar-refractivity contribution in [3.8, 4) is 0 Å². The average Bonchev–Trinajstić information content (AvgIpc) is 2.99. The van der Waals surface area contributed by atoms with Gasteiger partial charge in [0.15, 0.2) is 11.4 Å². The average molecular weight is 364 g/mol. The van der Waals surface area contributed by atoms with Gasteiger partial charge in [-0.05, 0) is 36.8 Å². The molecule has 0 saturated heterocycles. The molecule has 4 aromatic rings. The molecule has 0 radical (unpaired) electrons. The molecule has 0 fully saturated rings. The second kappa shape index (κ2) is 6.28. The number of aliphatic hydroxyl groups is 1. The number of rotatable bonds is 3. The van der Waals surface area contributed by atoms with Crippen LogP contribution < -0.4 is 0 Å². The Kier molecular flexibility index (Phi) is 4.04. The fraction of sp³-hybridized carbons (Fsp3) is 0.136. The van der Waals surface area contributed by atoms with Crippen LogP contribution in [-0.4, -0.2) is 14.7 Å². The zero-order valence-electron chi connectivity index (χ0n) is 14.9. The third-order valence-corrected chi connectivity index (χ3v) is 4.89. The summed E-state index contributed by atoms with van der Waals surface area (Å²) < 4.78 is 31.1. The first-order valence-corrected chi connectivity index (χ1v) is 8.59. The highest BCUT2D eigenvalue weighted by molar-refractivity contribution is 5.77. The molecule has 27 heavy (non-hydrogen) atoms. The summed E-state index contributed by atoms with van der Waals surface area (Å²) >= 11 is 0. The van der Waals surface area contributed by atoms with Gasteiger partial charge in [-0.2, -0.15) is 0 Å². The lowest BCUT2D eigenvalue weighted by Crippen LogP contribution is -2.34. The van der Waals surface area contributed by atoms with Crippen LogP contribution in [0.15, 0.2) is 66.7 Å². The van der Waals surface area contributed by atoms with Gasteiger partial charge in [-0.1, -0.05) is 42.5 Å². The molecule has 0 saturated carbocycles. The van der Waals surface area contributed by atoms with Crippen LogP contribution in [0.3, 0.4) is 0 Å². The Bertz CT molecular complexity index is 1100. The van der Waals surface area contributed by atoms with Gasteiger partial charge >= 0.3 is 0 Å². The van der Waals surface area contributed by atoms with E-state index in [0.29, 0.717) is 5.52 Å². The molecule has 1 N–H and O–H groups in total. The Morgan fingerprint density at radius 3 is 2.00 bits per heavy atom. The Balaban J connectivity index is 2.10. The first-order chi connectivity index (χ1) is 12.9. The topological polar surface area (TPSA) is 38.1 Å². The highest BCUT2D eigenvalue weighted by Crippen LogP contribution is 2.39. The van der Waals surface area contributed by atoms with E-state index in [9.17, 15) is 13.9 Å². The lowest BCUT2D eigenvalue weighted by Gasteiger charge is -2.29. The van der Waals surface area contributed by atoms with Crippen molar-refractivity contribution < 1.29 is 13.9 Å². The molecule has 0 aliphatic carbocycles. The van der Waals surface area contributed by atoms with Gasteiger partial charge in [0.2, 0.25) is 0 Å². The van der Waals surface area contributed by atoms with E-state index in [1.807, 2.05) is 25.1 Å². The highest BCUT2D eigenvalue weighted by atomic mass is 19.1. The van der Waals surface area contributed by atoms with Crippen LogP contribution in [-0.2, 0) is 12.6 Å². The maximum Gasteiger partial charge on any atom is 0.178 e. The molecule has 0 aliphatic rings. The first-order valence-electron chi connectivity index (χ1n) is 8.59. The molecule has 3 nitrogen and oxygen atoms in total. The van der Waals surface area contributed by atoms with Crippen LogP contribution >= 0.6 is 0 Å². The van der Waals surface area contributed by atoms with E-state index < -0.39 is 17.2 Å². The Hall–Kier alpha value is -3.05. The van der Waals surface area contributed by atoms with Crippen LogP contribution in [0.1, 0.15) is 22.5 Å². The number of hydrogen-bond donors (Lipinski definition) is 1. The molecule has 0 atom stereocenters. The molecule has 0 spiro atoms. The normalized spacial score (nSPS) is 11.9. The lowest BCUT2D eigenvalue weighted by molar-refractivity contribution is 0.104. The third kappa shape index (κ3) is 2.62. The van der Waals surface area contributed by atoms with Gasteiger partial charge in [0.25, 0.3) is 0 Å². The fourth-order valence-corrected chi connectivity index (χ4v) is 3.52. The predicted octanol–water partition coefficient (Wildman–Crippen LogP) is 4.44. The van der Waals surface area contributed by atoms with Crippen LogP contribution in [0.4, 0.5) is 8.78 Å². The van der Waals surface area contributed by atoms with E-state index >= 15 is 0 Å². The number of aryl methyl sites for hydroxylation is 2.